The number of amides is 2. The van der Waals surface area contributed by atoms with Crippen molar-refractivity contribution >= 4 is 23.8 Å². The summed E-state index contributed by atoms with van der Waals surface area (Å²) in [4.78, 5) is 45.5. The minimum Gasteiger partial charge on any atom is -0.481 e. The first-order chi connectivity index (χ1) is 11.7. The van der Waals surface area contributed by atoms with Gasteiger partial charge in [-0.25, -0.2) is 4.79 Å². The number of carbonyl (C=O) groups excluding carboxylic acids is 2. The summed E-state index contributed by atoms with van der Waals surface area (Å²) in [7, 11) is 0. The van der Waals surface area contributed by atoms with Crippen LogP contribution < -0.4 is 22.1 Å². The third-order valence-electron chi connectivity index (χ3n) is 3.38. The number of aliphatic hydroxyl groups is 1. The predicted octanol–water partition coefficient (Wildman–Crippen LogP) is -2.65. The Morgan fingerprint density at radius 2 is 1.52 bits per heavy atom. The second kappa shape index (κ2) is 12.2. The summed E-state index contributed by atoms with van der Waals surface area (Å²) in [5.74, 6) is -4.02. The van der Waals surface area contributed by atoms with Gasteiger partial charge in [0, 0.05) is 6.42 Å². The number of carboxylic acid groups (broad SMARTS) is 2. The monoisotopic (exact) mass is 362 g/mol. The fraction of sp³-hybridized carbons (Fsp3) is 0.714. The number of aliphatic carboxylic acids is 2. The van der Waals surface area contributed by atoms with Crippen molar-refractivity contribution in [2.24, 2.45) is 11.5 Å². The number of hydrogen-bond donors (Lipinski definition) is 7. The Morgan fingerprint density at radius 3 is 2.00 bits per heavy atom. The van der Waals surface area contributed by atoms with Crippen molar-refractivity contribution in [2.45, 2.75) is 50.2 Å². The molecular formula is C14H26N4O7. The van der Waals surface area contributed by atoms with Crippen molar-refractivity contribution in [3.05, 3.63) is 0 Å². The summed E-state index contributed by atoms with van der Waals surface area (Å²) in [6.45, 7) is -0.419. The number of nitrogens with two attached hydrogens (primary N) is 2. The topological polar surface area (TPSA) is 205 Å². The van der Waals surface area contributed by atoms with Crippen LogP contribution in [0.1, 0.15) is 32.1 Å². The number of hydrogen-bond acceptors (Lipinski definition) is 7. The van der Waals surface area contributed by atoms with E-state index in [9.17, 15) is 19.2 Å². The lowest BCUT2D eigenvalue weighted by Gasteiger charge is -2.22. The molecule has 0 aliphatic rings. The average molecular weight is 362 g/mol. The third kappa shape index (κ3) is 9.59. The number of unbranched alkanes of at least 4 members (excludes halogenated alkanes) is 1. The van der Waals surface area contributed by atoms with Crippen molar-refractivity contribution in [2.75, 3.05) is 13.2 Å². The minimum atomic E-state index is -1.50. The average Bonchev–Trinajstić information content (AvgIpc) is 2.55. The molecule has 0 aliphatic carbocycles. The van der Waals surface area contributed by atoms with Gasteiger partial charge in [-0.2, -0.15) is 0 Å². The van der Waals surface area contributed by atoms with Crippen LogP contribution in [0.5, 0.6) is 0 Å². The number of rotatable bonds is 13. The summed E-state index contributed by atoms with van der Waals surface area (Å²) in [5, 5.41) is 30.9. The quantitative estimate of drug-likeness (QED) is 0.171. The molecule has 3 unspecified atom stereocenters. The van der Waals surface area contributed by atoms with Crippen LogP contribution in [-0.2, 0) is 19.2 Å². The number of carbonyl (C=O) groups is 4. The number of aliphatic hydroxyl groups excluding tert-OH is 1. The fourth-order valence-electron chi connectivity index (χ4n) is 1.91. The van der Waals surface area contributed by atoms with Gasteiger partial charge >= 0.3 is 11.9 Å². The predicted molar refractivity (Wildman–Crippen MR) is 86.3 cm³/mol. The molecule has 0 saturated carbocycles. The molecule has 0 rings (SSSR count). The van der Waals surface area contributed by atoms with Crippen molar-refractivity contribution in [1.82, 2.24) is 10.6 Å². The molecule has 0 saturated heterocycles. The summed E-state index contributed by atoms with van der Waals surface area (Å²) in [6, 6.07) is -3.68. The van der Waals surface area contributed by atoms with E-state index in [1.165, 1.54) is 0 Å². The van der Waals surface area contributed by atoms with E-state index >= 15 is 0 Å². The Hall–Kier alpha value is -2.24. The molecule has 0 fully saturated rings. The molecule has 11 heteroatoms. The van der Waals surface area contributed by atoms with E-state index in [1.54, 1.807) is 0 Å². The molecule has 0 bridgehead atoms. The van der Waals surface area contributed by atoms with E-state index in [2.05, 4.69) is 10.6 Å². The van der Waals surface area contributed by atoms with Crippen LogP contribution in [0, 0.1) is 0 Å². The van der Waals surface area contributed by atoms with Gasteiger partial charge in [0.1, 0.15) is 12.1 Å². The van der Waals surface area contributed by atoms with Crippen LogP contribution in [0.3, 0.4) is 0 Å². The Kier molecular flexibility index (Phi) is 11.1. The first-order valence-electron chi connectivity index (χ1n) is 7.84. The molecule has 0 radical (unpaired) electrons. The lowest BCUT2D eigenvalue weighted by molar-refractivity contribution is -0.143. The molecule has 144 valence electrons. The molecule has 0 heterocycles. The molecule has 2 amide bonds. The van der Waals surface area contributed by atoms with E-state index in [0.717, 1.165) is 0 Å². The van der Waals surface area contributed by atoms with Gasteiger partial charge in [-0.1, -0.05) is 0 Å². The highest BCUT2D eigenvalue weighted by molar-refractivity contribution is 5.91. The van der Waals surface area contributed by atoms with E-state index in [-0.39, 0.29) is 19.3 Å². The molecule has 0 aromatic heterocycles. The minimum absolute atomic E-state index is 0.104. The van der Waals surface area contributed by atoms with Crippen molar-refractivity contribution in [3.63, 3.8) is 0 Å². The molecule has 25 heavy (non-hydrogen) atoms. The summed E-state index contributed by atoms with van der Waals surface area (Å²) in [5.41, 5.74) is 11.0. The van der Waals surface area contributed by atoms with Crippen LogP contribution in [0.2, 0.25) is 0 Å². The van der Waals surface area contributed by atoms with Gasteiger partial charge in [-0.15, -0.1) is 0 Å². The van der Waals surface area contributed by atoms with Crippen molar-refractivity contribution < 1.29 is 34.5 Å². The normalized spacial score (nSPS) is 14.2. The highest BCUT2D eigenvalue weighted by atomic mass is 16.4. The zero-order valence-corrected chi connectivity index (χ0v) is 13.8. The van der Waals surface area contributed by atoms with Gasteiger partial charge in [-0.3, -0.25) is 14.4 Å². The maximum Gasteiger partial charge on any atom is 0.328 e. The van der Waals surface area contributed by atoms with Gasteiger partial charge in [0.15, 0.2) is 0 Å². The molecule has 11 nitrogen and oxygen atoms in total. The third-order valence-corrected chi connectivity index (χ3v) is 3.38. The molecule has 0 aromatic rings. The second-order valence-corrected chi connectivity index (χ2v) is 5.47. The summed E-state index contributed by atoms with van der Waals surface area (Å²) in [6.07, 6.45) is 0.873. The summed E-state index contributed by atoms with van der Waals surface area (Å²) < 4.78 is 0. The Bertz CT molecular complexity index is 472. The van der Waals surface area contributed by atoms with E-state index in [4.69, 9.17) is 26.8 Å². The van der Waals surface area contributed by atoms with E-state index in [0.29, 0.717) is 19.4 Å². The standard InChI is InChI=1S/C14H26N4O7/c15-6-2-1-3-9(13(23)18-10(7-19)14(24)25)17-12(22)8(16)4-5-11(20)21/h8-10,19H,1-7,15-16H2,(H,17,22)(H,18,23)(H,20,21)(H,24,25). The highest BCUT2D eigenvalue weighted by Gasteiger charge is 2.27. The molecule has 0 aromatic carbocycles. The maximum atomic E-state index is 12.2. The largest absolute Gasteiger partial charge is 0.481 e. The van der Waals surface area contributed by atoms with Gasteiger partial charge in [0.2, 0.25) is 11.8 Å². The SMILES string of the molecule is NCCCCC(NC(=O)C(N)CCC(=O)O)C(=O)NC(CO)C(=O)O. The first kappa shape index (κ1) is 22.8. The fourth-order valence-corrected chi connectivity index (χ4v) is 1.91. The lowest BCUT2D eigenvalue weighted by Crippen LogP contribution is -2.55. The lowest BCUT2D eigenvalue weighted by atomic mass is 10.1. The van der Waals surface area contributed by atoms with Gasteiger partial charge in [-0.05, 0) is 32.2 Å². The van der Waals surface area contributed by atoms with Gasteiger partial charge in [0.05, 0.1) is 12.6 Å². The van der Waals surface area contributed by atoms with E-state index < -0.39 is 48.5 Å². The molecule has 9 N–H and O–H groups in total. The van der Waals surface area contributed by atoms with Crippen LogP contribution >= 0.6 is 0 Å². The zero-order valence-electron chi connectivity index (χ0n) is 13.8. The second-order valence-electron chi connectivity index (χ2n) is 5.47. The molecule has 0 aliphatic heterocycles. The Labute approximate surface area is 144 Å². The maximum absolute atomic E-state index is 12.2. The zero-order chi connectivity index (χ0) is 19.4. The number of nitrogens with one attached hydrogen (secondary N) is 2. The number of carboxylic acids is 2. The van der Waals surface area contributed by atoms with Crippen molar-refractivity contribution in [3.8, 4) is 0 Å². The van der Waals surface area contributed by atoms with Crippen LogP contribution in [0.15, 0.2) is 0 Å². The Balaban J connectivity index is 4.84. The highest BCUT2D eigenvalue weighted by Crippen LogP contribution is 2.04. The van der Waals surface area contributed by atoms with Crippen LogP contribution in [0.4, 0.5) is 0 Å². The van der Waals surface area contributed by atoms with E-state index in [1.807, 2.05) is 0 Å². The molecule has 3 atom stereocenters. The van der Waals surface area contributed by atoms with Gasteiger partial charge < -0.3 is 37.4 Å². The van der Waals surface area contributed by atoms with Crippen LogP contribution in [-0.4, -0.2) is 70.3 Å². The van der Waals surface area contributed by atoms with Crippen LogP contribution in [0.25, 0.3) is 0 Å². The Morgan fingerprint density at radius 1 is 0.920 bits per heavy atom. The molecular weight excluding hydrogens is 336 g/mol. The van der Waals surface area contributed by atoms with Gasteiger partial charge in [0.25, 0.3) is 0 Å². The van der Waals surface area contributed by atoms with Crippen molar-refractivity contribution in [1.29, 1.82) is 0 Å². The first-order valence-corrected chi connectivity index (χ1v) is 7.84. The summed E-state index contributed by atoms with van der Waals surface area (Å²) >= 11 is 0. The molecule has 0 spiro atoms. The smallest absolute Gasteiger partial charge is 0.328 e.